The molecule has 0 aromatic heterocycles. The fraction of sp³-hybridized carbons (Fsp3) is 0.278. The summed E-state index contributed by atoms with van der Waals surface area (Å²) in [4.78, 5) is 12.2. The molecule has 0 saturated carbocycles. The number of carbonyl (C=O) groups is 1. The highest BCUT2D eigenvalue weighted by Crippen LogP contribution is 2.14. The lowest BCUT2D eigenvalue weighted by molar-refractivity contribution is -0.122. The van der Waals surface area contributed by atoms with E-state index in [4.69, 9.17) is 5.73 Å². The molecule has 2 rings (SSSR count). The molecule has 1 amide bonds. The molecule has 0 aliphatic carbocycles. The largest absolute Gasteiger partial charge is 0.352 e. The fourth-order valence-electron chi connectivity index (χ4n) is 2.23. The summed E-state index contributed by atoms with van der Waals surface area (Å²) in [5.74, 6) is -0.0880. The minimum atomic E-state index is -0.136. The number of benzene rings is 2. The van der Waals surface area contributed by atoms with Gasteiger partial charge in [0, 0.05) is 6.54 Å². The summed E-state index contributed by atoms with van der Waals surface area (Å²) in [6, 6.07) is 18.0. The van der Waals surface area contributed by atoms with E-state index < -0.39 is 0 Å². The SMILES string of the molecule is CC(C(=O)NCc1ccc(CCN)cc1)c1ccccc1. The van der Waals surface area contributed by atoms with Crippen molar-refractivity contribution in [1.82, 2.24) is 5.32 Å². The number of amides is 1. The van der Waals surface area contributed by atoms with Crippen LogP contribution in [0.25, 0.3) is 0 Å². The first kappa shape index (κ1) is 15.3. The van der Waals surface area contributed by atoms with Crippen LogP contribution in [0.2, 0.25) is 0 Å². The van der Waals surface area contributed by atoms with Crippen LogP contribution < -0.4 is 11.1 Å². The molecular weight excluding hydrogens is 260 g/mol. The van der Waals surface area contributed by atoms with E-state index in [-0.39, 0.29) is 11.8 Å². The van der Waals surface area contributed by atoms with E-state index in [2.05, 4.69) is 17.4 Å². The number of nitrogens with one attached hydrogen (secondary N) is 1. The monoisotopic (exact) mass is 282 g/mol. The van der Waals surface area contributed by atoms with Crippen molar-refractivity contribution >= 4 is 5.91 Å². The highest BCUT2D eigenvalue weighted by atomic mass is 16.1. The lowest BCUT2D eigenvalue weighted by atomic mass is 10.0. The van der Waals surface area contributed by atoms with Crippen molar-refractivity contribution in [3.63, 3.8) is 0 Å². The van der Waals surface area contributed by atoms with Crippen LogP contribution in [-0.2, 0) is 17.8 Å². The zero-order valence-electron chi connectivity index (χ0n) is 12.4. The van der Waals surface area contributed by atoms with Gasteiger partial charge in [0.2, 0.25) is 5.91 Å². The second kappa shape index (κ2) is 7.60. The van der Waals surface area contributed by atoms with E-state index in [1.807, 2.05) is 49.4 Å². The third kappa shape index (κ3) is 4.43. The molecule has 0 heterocycles. The standard InChI is InChI=1S/C18H22N2O/c1-14(17-5-3-2-4-6-17)18(21)20-13-16-9-7-15(8-10-16)11-12-19/h2-10,14H,11-13,19H2,1H3,(H,20,21). The molecule has 0 spiro atoms. The summed E-state index contributed by atoms with van der Waals surface area (Å²) in [5.41, 5.74) is 8.89. The molecule has 2 aromatic rings. The van der Waals surface area contributed by atoms with E-state index in [1.165, 1.54) is 5.56 Å². The van der Waals surface area contributed by atoms with Crippen molar-refractivity contribution in [3.8, 4) is 0 Å². The van der Waals surface area contributed by atoms with Crippen LogP contribution in [0.3, 0.4) is 0 Å². The molecule has 1 atom stereocenters. The summed E-state index contributed by atoms with van der Waals surface area (Å²) in [7, 11) is 0. The molecule has 0 bridgehead atoms. The van der Waals surface area contributed by atoms with Crippen molar-refractivity contribution in [3.05, 3.63) is 71.3 Å². The maximum atomic E-state index is 12.2. The molecule has 1 unspecified atom stereocenters. The van der Waals surface area contributed by atoms with Crippen LogP contribution in [0.15, 0.2) is 54.6 Å². The average molecular weight is 282 g/mol. The van der Waals surface area contributed by atoms with E-state index in [1.54, 1.807) is 0 Å². The summed E-state index contributed by atoms with van der Waals surface area (Å²) >= 11 is 0. The molecule has 0 aliphatic heterocycles. The molecule has 0 radical (unpaired) electrons. The zero-order valence-corrected chi connectivity index (χ0v) is 12.4. The number of hydrogen-bond donors (Lipinski definition) is 2. The third-order valence-electron chi connectivity index (χ3n) is 3.62. The first-order valence-electron chi connectivity index (χ1n) is 7.31. The molecule has 0 aliphatic rings. The van der Waals surface area contributed by atoms with Gasteiger partial charge >= 0.3 is 0 Å². The second-order valence-corrected chi connectivity index (χ2v) is 5.21. The van der Waals surface area contributed by atoms with Gasteiger partial charge in [0.1, 0.15) is 0 Å². The molecule has 0 fully saturated rings. The first-order chi connectivity index (χ1) is 10.2. The Balaban J connectivity index is 1.89. The van der Waals surface area contributed by atoms with Gasteiger partial charge in [0.05, 0.1) is 5.92 Å². The second-order valence-electron chi connectivity index (χ2n) is 5.21. The lowest BCUT2D eigenvalue weighted by Crippen LogP contribution is -2.27. The first-order valence-corrected chi connectivity index (χ1v) is 7.31. The van der Waals surface area contributed by atoms with E-state index >= 15 is 0 Å². The Morgan fingerprint density at radius 1 is 1.05 bits per heavy atom. The zero-order chi connectivity index (χ0) is 15.1. The van der Waals surface area contributed by atoms with Crippen molar-refractivity contribution in [1.29, 1.82) is 0 Å². The number of nitrogens with two attached hydrogens (primary N) is 1. The fourth-order valence-corrected chi connectivity index (χ4v) is 2.23. The van der Waals surface area contributed by atoms with Crippen LogP contribution >= 0.6 is 0 Å². The van der Waals surface area contributed by atoms with Crippen LogP contribution in [0.4, 0.5) is 0 Å². The predicted octanol–water partition coefficient (Wildman–Crippen LogP) is 2.61. The van der Waals surface area contributed by atoms with Crippen molar-refractivity contribution < 1.29 is 4.79 Å². The average Bonchev–Trinajstić information content (AvgIpc) is 2.54. The van der Waals surface area contributed by atoms with Crippen LogP contribution in [0.5, 0.6) is 0 Å². The van der Waals surface area contributed by atoms with Gasteiger partial charge in [-0.3, -0.25) is 4.79 Å². The molecule has 0 saturated heterocycles. The normalized spacial score (nSPS) is 11.9. The van der Waals surface area contributed by atoms with Gasteiger partial charge in [-0.2, -0.15) is 0 Å². The van der Waals surface area contributed by atoms with Gasteiger partial charge < -0.3 is 11.1 Å². The lowest BCUT2D eigenvalue weighted by Gasteiger charge is -2.12. The van der Waals surface area contributed by atoms with Crippen molar-refractivity contribution in [2.24, 2.45) is 5.73 Å². The van der Waals surface area contributed by atoms with Crippen molar-refractivity contribution in [2.45, 2.75) is 25.8 Å². The van der Waals surface area contributed by atoms with Crippen LogP contribution in [0.1, 0.15) is 29.5 Å². The maximum Gasteiger partial charge on any atom is 0.227 e. The molecule has 2 aromatic carbocycles. The van der Waals surface area contributed by atoms with Gasteiger partial charge in [-0.1, -0.05) is 54.6 Å². The van der Waals surface area contributed by atoms with Gasteiger partial charge in [-0.05, 0) is 36.6 Å². The predicted molar refractivity (Wildman–Crippen MR) is 85.9 cm³/mol. The van der Waals surface area contributed by atoms with Gasteiger partial charge in [0.25, 0.3) is 0 Å². The Hall–Kier alpha value is -2.13. The van der Waals surface area contributed by atoms with E-state index in [0.717, 1.165) is 17.5 Å². The quantitative estimate of drug-likeness (QED) is 0.855. The number of rotatable bonds is 6. The summed E-state index contributed by atoms with van der Waals surface area (Å²) in [6.45, 7) is 3.14. The Labute approximate surface area is 126 Å². The highest BCUT2D eigenvalue weighted by Gasteiger charge is 2.14. The van der Waals surface area contributed by atoms with E-state index in [0.29, 0.717) is 13.1 Å². The Kier molecular flexibility index (Phi) is 5.52. The Morgan fingerprint density at radius 3 is 2.29 bits per heavy atom. The maximum absolute atomic E-state index is 12.2. The van der Waals surface area contributed by atoms with Crippen molar-refractivity contribution in [2.75, 3.05) is 6.54 Å². The molecule has 3 N–H and O–H groups in total. The highest BCUT2D eigenvalue weighted by molar-refractivity contribution is 5.83. The topological polar surface area (TPSA) is 55.1 Å². The molecule has 110 valence electrons. The molecule has 3 heteroatoms. The van der Waals surface area contributed by atoms with Gasteiger partial charge in [0.15, 0.2) is 0 Å². The van der Waals surface area contributed by atoms with E-state index in [9.17, 15) is 4.79 Å². The Bertz CT molecular complexity index is 564. The summed E-state index contributed by atoms with van der Waals surface area (Å²) < 4.78 is 0. The van der Waals surface area contributed by atoms with Gasteiger partial charge in [-0.25, -0.2) is 0 Å². The summed E-state index contributed by atoms with van der Waals surface area (Å²) in [6.07, 6.45) is 0.887. The Morgan fingerprint density at radius 2 is 1.67 bits per heavy atom. The molecule has 21 heavy (non-hydrogen) atoms. The minimum absolute atomic E-state index is 0.0484. The summed E-state index contributed by atoms with van der Waals surface area (Å²) in [5, 5.41) is 2.99. The number of carbonyl (C=O) groups excluding carboxylic acids is 1. The smallest absolute Gasteiger partial charge is 0.227 e. The van der Waals surface area contributed by atoms with Gasteiger partial charge in [-0.15, -0.1) is 0 Å². The minimum Gasteiger partial charge on any atom is -0.352 e. The van der Waals surface area contributed by atoms with Crippen LogP contribution in [-0.4, -0.2) is 12.5 Å². The van der Waals surface area contributed by atoms with Crippen LogP contribution in [0, 0.1) is 0 Å². The third-order valence-corrected chi connectivity index (χ3v) is 3.62. The molecular formula is C18H22N2O. The number of hydrogen-bond acceptors (Lipinski definition) is 2. The molecule has 3 nitrogen and oxygen atoms in total.